The van der Waals surface area contributed by atoms with Crippen molar-refractivity contribution in [3.8, 4) is 0 Å². The number of aromatic amines is 1. The van der Waals surface area contributed by atoms with Crippen LogP contribution in [0.25, 0.3) is 0 Å². The van der Waals surface area contributed by atoms with Gasteiger partial charge >= 0.3 is 0 Å². The van der Waals surface area contributed by atoms with Gasteiger partial charge in [0.25, 0.3) is 11.2 Å². The molecule has 0 bridgehead atoms. The van der Waals surface area contributed by atoms with E-state index in [0.717, 1.165) is 17.8 Å². The number of pyridine rings is 1. The molecule has 2 aromatic heterocycles. The van der Waals surface area contributed by atoms with E-state index in [4.69, 9.17) is 5.73 Å². The lowest BCUT2D eigenvalue weighted by atomic mass is 10.4. The summed E-state index contributed by atoms with van der Waals surface area (Å²) in [5.41, 5.74) is 4.95. The van der Waals surface area contributed by atoms with Crippen LogP contribution in [0.15, 0.2) is 33.2 Å². The highest BCUT2D eigenvalue weighted by atomic mass is 32.2. The van der Waals surface area contributed by atoms with Gasteiger partial charge in [-0.1, -0.05) is 0 Å². The second-order valence-electron chi connectivity index (χ2n) is 3.63. The predicted molar refractivity (Wildman–Crippen MR) is 73.8 cm³/mol. The predicted octanol–water partition coefficient (Wildman–Crippen LogP) is 0.848. The number of nitro groups is 1. The molecule has 4 N–H and O–H groups in total. The molecule has 104 valence electrons. The van der Waals surface area contributed by atoms with Crippen molar-refractivity contribution in [1.82, 2.24) is 15.0 Å². The zero-order chi connectivity index (χ0) is 14.7. The monoisotopic (exact) mass is 294 g/mol. The Labute approximate surface area is 116 Å². The second kappa shape index (κ2) is 5.57. The molecule has 0 spiro atoms. The molecule has 10 heteroatoms. The maximum absolute atomic E-state index is 11.3. The number of hydrogen-bond donors (Lipinski definition) is 3. The molecule has 0 saturated carbocycles. The summed E-state index contributed by atoms with van der Waals surface area (Å²) in [6.45, 7) is 0. The Morgan fingerprint density at radius 1 is 1.40 bits per heavy atom. The molecule has 2 heterocycles. The summed E-state index contributed by atoms with van der Waals surface area (Å²) >= 11 is 0.975. The molecule has 2 aromatic rings. The molecule has 20 heavy (non-hydrogen) atoms. The SMILES string of the molecule is CNc1cc([N+](=O)[O-])cc(Sc2nc(N)cc(=O)[nH]2)n1. The van der Waals surface area contributed by atoms with Gasteiger partial charge in [-0.3, -0.25) is 14.9 Å². The van der Waals surface area contributed by atoms with Crippen molar-refractivity contribution in [1.29, 1.82) is 0 Å². The van der Waals surface area contributed by atoms with Crippen LogP contribution in [0.3, 0.4) is 0 Å². The number of nitrogens with one attached hydrogen (secondary N) is 2. The van der Waals surface area contributed by atoms with Gasteiger partial charge in [0, 0.05) is 19.2 Å². The van der Waals surface area contributed by atoms with E-state index in [0.29, 0.717) is 10.8 Å². The van der Waals surface area contributed by atoms with Gasteiger partial charge in [0.1, 0.15) is 16.7 Å². The minimum Gasteiger partial charge on any atom is -0.383 e. The third-order valence-electron chi connectivity index (χ3n) is 2.19. The summed E-state index contributed by atoms with van der Waals surface area (Å²) in [7, 11) is 1.60. The Morgan fingerprint density at radius 2 is 2.15 bits per heavy atom. The van der Waals surface area contributed by atoms with Gasteiger partial charge in [-0.25, -0.2) is 9.97 Å². The fraction of sp³-hybridized carbons (Fsp3) is 0.100. The minimum absolute atomic E-state index is 0.0653. The number of nitrogen functional groups attached to an aromatic ring is 1. The highest BCUT2D eigenvalue weighted by Gasteiger charge is 2.12. The first-order valence-electron chi connectivity index (χ1n) is 5.37. The summed E-state index contributed by atoms with van der Waals surface area (Å²) in [6.07, 6.45) is 0. The first kappa shape index (κ1) is 13.8. The minimum atomic E-state index is -0.526. The van der Waals surface area contributed by atoms with Gasteiger partial charge in [-0.15, -0.1) is 0 Å². The molecule has 0 aliphatic carbocycles. The van der Waals surface area contributed by atoms with E-state index in [1.165, 1.54) is 12.1 Å². The first-order valence-corrected chi connectivity index (χ1v) is 6.18. The highest BCUT2D eigenvalue weighted by Crippen LogP contribution is 2.27. The van der Waals surface area contributed by atoms with Crippen molar-refractivity contribution < 1.29 is 4.92 Å². The van der Waals surface area contributed by atoms with E-state index in [2.05, 4.69) is 20.3 Å². The van der Waals surface area contributed by atoms with Crippen LogP contribution in [0.5, 0.6) is 0 Å². The third-order valence-corrected chi connectivity index (χ3v) is 3.00. The molecular weight excluding hydrogens is 284 g/mol. The first-order chi connectivity index (χ1) is 9.47. The topological polar surface area (TPSA) is 140 Å². The maximum Gasteiger partial charge on any atom is 0.275 e. The summed E-state index contributed by atoms with van der Waals surface area (Å²) < 4.78 is 0. The summed E-state index contributed by atoms with van der Waals surface area (Å²) in [5.74, 6) is 0.406. The van der Waals surface area contributed by atoms with Gasteiger partial charge in [0.2, 0.25) is 0 Å². The molecule has 2 rings (SSSR count). The van der Waals surface area contributed by atoms with E-state index < -0.39 is 10.5 Å². The average molecular weight is 294 g/mol. The number of rotatable bonds is 4. The Morgan fingerprint density at radius 3 is 2.75 bits per heavy atom. The van der Waals surface area contributed by atoms with E-state index in [9.17, 15) is 14.9 Å². The lowest BCUT2D eigenvalue weighted by Crippen LogP contribution is -2.09. The van der Waals surface area contributed by atoms with Gasteiger partial charge in [0.15, 0.2) is 5.16 Å². The quantitative estimate of drug-likeness (QED) is 0.428. The van der Waals surface area contributed by atoms with Crippen LogP contribution in [-0.4, -0.2) is 26.9 Å². The van der Waals surface area contributed by atoms with E-state index in [-0.39, 0.29) is 16.7 Å². The number of hydrogen-bond acceptors (Lipinski definition) is 8. The highest BCUT2D eigenvalue weighted by molar-refractivity contribution is 7.99. The Balaban J connectivity index is 2.39. The molecule has 0 saturated heterocycles. The van der Waals surface area contributed by atoms with E-state index in [1.54, 1.807) is 7.05 Å². The summed E-state index contributed by atoms with van der Waals surface area (Å²) in [6, 6.07) is 3.73. The van der Waals surface area contributed by atoms with Crippen molar-refractivity contribution in [2.45, 2.75) is 10.2 Å². The number of nitrogens with two attached hydrogens (primary N) is 1. The Bertz CT molecular complexity index is 716. The van der Waals surface area contributed by atoms with Gasteiger partial charge in [-0.2, -0.15) is 0 Å². The number of H-pyrrole nitrogens is 1. The lowest BCUT2D eigenvalue weighted by Gasteiger charge is -2.04. The zero-order valence-electron chi connectivity index (χ0n) is 10.3. The molecule has 0 aliphatic heterocycles. The van der Waals surface area contributed by atoms with Crippen molar-refractivity contribution in [2.75, 3.05) is 18.1 Å². The zero-order valence-corrected chi connectivity index (χ0v) is 11.1. The molecule has 0 atom stereocenters. The maximum atomic E-state index is 11.3. The van der Waals surface area contributed by atoms with Crippen LogP contribution in [-0.2, 0) is 0 Å². The molecule has 0 amide bonds. The number of nitrogens with zero attached hydrogens (tertiary/aromatic N) is 3. The van der Waals surface area contributed by atoms with Crippen LogP contribution in [0.2, 0.25) is 0 Å². The van der Waals surface area contributed by atoms with Crippen LogP contribution < -0.4 is 16.6 Å². The summed E-state index contributed by atoms with van der Waals surface area (Å²) in [5, 5.41) is 14.1. The molecule has 0 aromatic carbocycles. The Hall–Kier alpha value is -2.62. The van der Waals surface area contributed by atoms with Gasteiger partial charge in [-0.05, 0) is 11.8 Å². The second-order valence-corrected chi connectivity index (χ2v) is 4.64. The van der Waals surface area contributed by atoms with Crippen LogP contribution >= 0.6 is 11.8 Å². The van der Waals surface area contributed by atoms with Crippen molar-refractivity contribution >= 4 is 29.1 Å². The molecule has 0 fully saturated rings. The molecule has 9 nitrogen and oxygen atoms in total. The Kier molecular flexibility index (Phi) is 3.84. The third kappa shape index (κ3) is 3.23. The fourth-order valence-corrected chi connectivity index (χ4v) is 2.20. The fourth-order valence-electron chi connectivity index (χ4n) is 1.38. The smallest absolute Gasteiger partial charge is 0.275 e. The molecule has 0 radical (unpaired) electrons. The molecular formula is C10H10N6O3S. The van der Waals surface area contributed by atoms with Gasteiger partial charge in [0.05, 0.1) is 11.0 Å². The van der Waals surface area contributed by atoms with Crippen LogP contribution in [0.1, 0.15) is 0 Å². The normalized spacial score (nSPS) is 10.2. The molecule has 0 unspecified atom stereocenters. The summed E-state index contributed by atoms with van der Waals surface area (Å²) in [4.78, 5) is 32.1. The van der Waals surface area contributed by atoms with Crippen molar-refractivity contribution in [3.63, 3.8) is 0 Å². The number of anilines is 2. The standard InChI is InChI=1S/C10H10N6O3S/c1-12-7-2-5(16(18)19)3-9(14-7)20-10-13-6(11)4-8(17)15-10/h2-4H,1H3,(H,12,14)(H3,11,13,15,17). The van der Waals surface area contributed by atoms with Gasteiger partial charge < -0.3 is 16.0 Å². The average Bonchev–Trinajstić information content (AvgIpc) is 2.36. The molecule has 0 aliphatic rings. The van der Waals surface area contributed by atoms with Crippen LogP contribution in [0, 0.1) is 10.1 Å². The van der Waals surface area contributed by atoms with E-state index in [1.807, 2.05) is 0 Å². The van der Waals surface area contributed by atoms with Crippen LogP contribution in [0.4, 0.5) is 17.3 Å². The number of aromatic nitrogens is 3. The lowest BCUT2D eigenvalue weighted by molar-refractivity contribution is -0.385. The van der Waals surface area contributed by atoms with Crippen molar-refractivity contribution in [2.24, 2.45) is 0 Å². The van der Waals surface area contributed by atoms with Crippen molar-refractivity contribution in [3.05, 3.63) is 38.7 Å². The van der Waals surface area contributed by atoms with E-state index >= 15 is 0 Å². The largest absolute Gasteiger partial charge is 0.383 e.